The molecule has 0 unspecified atom stereocenters. The summed E-state index contributed by atoms with van der Waals surface area (Å²) in [6.45, 7) is 1.47. The van der Waals surface area contributed by atoms with E-state index >= 15 is 0 Å². The minimum absolute atomic E-state index is 0.187. The normalized spacial score (nSPS) is 10.6. The maximum Gasteiger partial charge on any atom is 0.129 e. The molecular formula is C13H13F2NO2. The van der Waals surface area contributed by atoms with Crippen LogP contribution in [0.25, 0.3) is 0 Å². The van der Waals surface area contributed by atoms with Gasteiger partial charge in [0.1, 0.15) is 29.8 Å². The SMILES string of the molecule is Fc1cc(F)cc(OCCNCc2ccco2)c1. The van der Waals surface area contributed by atoms with Gasteiger partial charge in [0, 0.05) is 24.7 Å². The van der Waals surface area contributed by atoms with Crippen molar-refractivity contribution in [3.8, 4) is 5.75 Å². The molecule has 5 heteroatoms. The highest BCUT2D eigenvalue weighted by Gasteiger charge is 2.01. The van der Waals surface area contributed by atoms with E-state index in [0.29, 0.717) is 19.7 Å². The lowest BCUT2D eigenvalue weighted by molar-refractivity contribution is 0.307. The minimum Gasteiger partial charge on any atom is -0.492 e. The van der Waals surface area contributed by atoms with Crippen LogP contribution < -0.4 is 10.1 Å². The van der Waals surface area contributed by atoms with Gasteiger partial charge in [-0.3, -0.25) is 0 Å². The van der Waals surface area contributed by atoms with Crippen molar-refractivity contribution in [2.75, 3.05) is 13.2 Å². The van der Waals surface area contributed by atoms with Crippen LogP contribution in [-0.4, -0.2) is 13.2 Å². The Kier molecular flexibility index (Phi) is 4.30. The highest BCUT2D eigenvalue weighted by Crippen LogP contribution is 2.14. The van der Waals surface area contributed by atoms with Crippen LogP contribution in [0.3, 0.4) is 0 Å². The summed E-state index contributed by atoms with van der Waals surface area (Å²) in [5.41, 5.74) is 0. The molecule has 2 rings (SSSR count). The summed E-state index contributed by atoms with van der Waals surface area (Å²) in [5, 5.41) is 3.08. The van der Waals surface area contributed by atoms with Crippen LogP contribution in [0.15, 0.2) is 41.0 Å². The average molecular weight is 253 g/mol. The number of furan rings is 1. The van der Waals surface area contributed by atoms with Crippen LogP contribution >= 0.6 is 0 Å². The van der Waals surface area contributed by atoms with E-state index in [1.54, 1.807) is 6.26 Å². The third kappa shape index (κ3) is 3.85. The summed E-state index contributed by atoms with van der Waals surface area (Å²) >= 11 is 0. The van der Waals surface area contributed by atoms with E-state index in [1.807, 2.05) is 12.1 Å². The van der Waals surface area contributed by atoms with E-state index < -0.39 is 11.6 Å². The molecule has 1 aromatic heterocycles. The molecule has 0 aliphatic heterocycles. The smallest absolute Gasteiger partial charge is 0.129 e. The summed E-state index contributed by atoms with van der Waals surface area (Å²) in [7, 11) is 0. The zero-order valence-corrected chi connectivity index (χ0v) is 9.66. The molecule has 1 heterocycles. The second-order valence-corrected chi connectivity index (χ2v) is 3.71. The maximum atomic E-state index is 12.8. The van der Waals surface area contributed by atoms with Gasteiger partial charge in [0.2, 0.25) is 0 Å². The molecule has 0 spiro atoms. The van der Waals surface area contributed by atoms with Gasteiger partial charge in [0.15, 0.2) is 0 Å². The highest BCUT2D eigenvalue weighted by atomic mass is 19.1. The topological polar surface area (TPSA) is 34.4 Å². The lowest BCUT2D eigenvalue weighted by Gasteiger charge is -2.07. The van der Waals surface area contributed by atoms with Crippen LogP contribution in [0.2, 0.25) is 0 Å². The van der Waals surface area contributed by atoms with Gasteiger partial charge in [-0.05, 0) is 12.1 Å². The van der Waals surface area contributed by atoms with Gasteiger partial charge in [-0.15, -0.1) is 0 Å². The molecule has 0 saturated heterocycles. The Morgan fingerprint density at radius 3 is 2.61 bits per heavy atom. The Balaban J connectivity index is 1.68. The Bertz CT molecular complexity index is 465. The van der Waals surface area contributed by atoms with Gasteiger partial charge < -0.3 is 14.5 Å². The first-order chi connectivity index (χ1) is 8.74. The Morgan fingerprint density at radius 2 is 1.94 bits per heavy atom. The molecule has 0 saturated carbocycles. The Labute approximate surface area is 103 Å². The van der Waals surface area contributed by atoms with Gasteiger partial charge in [0.25, 0.3) is 0 Å². The first-order valence-electron chi connectivity index (χ1n) is 5.56. The van der Waals surface area contributed by atoms with Crippen molar-refractivity contribution in [3.63, 3.8) is 0 Å². The molecule has 18 heavy (non-hydrogen) atoms. The molecule has 1 N–H and O–H groups in total. The first kappa shape index (κ1) is 12.6. The van der Waals surface area contributed by atoms with E-state index in [0.717, 1.165) is 24.0 Å². The third-order valence-corrected chi connectivity index (χ3v) is 2.26. The number of halogens is 2. The van der Waals surface area contributed by atoms with E-state index in [2.05, 4.69) is 5.32 Å². The fourth-order valence-corrected chi connectivity index (χ4v) is 1.48. The highest BCUT2D eigenvalue weighted by molar-refractivity contribution is 5.23. The van der Waals surface area contributed by atoms with Crippen molar-refractivity contribution in [1.29, 1.82) is 0 Å². The molecule has 0 atom stereocenters. The second-order valence-electron chi connectivity index (χ2n) is 3.71. The zero-order chi connectivity index (χ0) is 12.8. The molecule has 1 aromatic carbocycles. The van der Waals surface area contributed by atoms with Crippen molar-refractivity contribution in [3.05, 3.63) is 54.0 Å². The second kappa shape index (κ2) is 6.16. The minimum atomic E-state index is -0.645. The summed E-state index contributed by atoms with van der Waals surface area (Å²) < 4.78 is 36.0. The van der Waals surface area contributed by atoms with Gasteiger partial charge in [-0.25, -0.2) is 8.78 Å². The van der Waals surface area contributed by atoms with Gasteiger partial charge in [0.05, 0.1) is 12.8 Å². The molecule has 0 fully saturated rings. The van der Waals surface area contributed by atoms with Crippen molar-refractivity contribution in [1.82, 2.24) is 5.32 Å². The molecule has 0 amide bonds. The Hall–Kier alpha value is -1.88. The first-order valence-corrected chi connectivity index (χ1v) is 5.56. The quantitative estimate of drug-likeness (QED) is 0.804. The number of benzene rings is 1. The molecule has 2 aromatic rings. The van der Waals surface area contributed by atoms with Crippen molar-refractivity contribution < 1.29 is 17.9 Å². The largest absolute Gasteiger partial charge is 0.492 e. The fraction of sp³-hybridized carbons (Fsp3) is 0.231. The maximum absolute atomic E-state index is 12.8. The number of ether oxygens (including phenoxy) is 1. The van der Waals surface area contributed by atoms with Crippen LogP contribution in [0.5, 0.6) is 5.75 Å². The zero-order valence-electron chi connectivity index (χ0n) is 9.66. The number of hydrogen-bond donors (Lipinski definition) is 1. The molecule has 0 bridgehead atoms. The van der Waals surface area contributed by atoms with Crippen molar-refractivity contribution in [2.45, 2.75) is 6.54 Å². The molecule has 96 valence electrons. The molecule has 0 aliphatic carbocycles. The lowest BCUT2D eigenvalue weighted by Crippen LogP contribution is -2.20. The summed E-state index contributed by atoms with van der Waals surface area (Å²) in [5.74, 6) is -0.277. The van der Waals surface area contributed by atoms with E-state index in [9.17, 15) is 8.78 Å². The van der Waals surface area contributed by atoms with E-state index in [-0.39, 0.29) is 5.75 Å². The standard InChI is InChI=1S/C13H13F2NO2/c14-10-6-11(15)8-13(7-10)18-5-3-16-9-12-2-1-4-17-12/h1-2,4,6-8,16H,3,5,9H2. The molecular weight excluding hydrogens is 240 g/mol. The van der Waals surface area contributed by atoms with E-state index in [4.69, 9.17) is 9.15 Å². The lowest BCUT2D eigenvalue weighted by atomic mass is 10.3. The van der Waals surface area contributed by atoms with Gasteiger partial charge >= 0.3 is 0 Å². The Morgan fingerprint density at radius 1 is 1.17 bits per heavy atom. The summed E-state index contributed by atoms with van der Waals surface area (Å²) in [4.78, 5) is 0. The van der Waals surface area contributed by atoms with Gasteiger partial charge in [-0.1, -0.05) is 0 Å². The van der Waals surface area contributed by atoms with Crippen LogP contribution in [-0.2, 0) is 6.54 Å². The van der Waals surface area contributed by atoms with E-state index in [1.165, 1.54) is 0 Å². The van der Waals surface area contributed by atoms with Crippen LogP contribution in [0.1, 0.15) is 5.76 Å². The molecule has 0 radical (unpaired) electrons. The van der Waals surface area contributed by atoms with Crippen molar-refractivity contribution >= 4 is 0 Å². The predicted molar refractivity (Wildman–Crippen MR) is 62.3 cm³/mol. The molecule has 3 nitrogen and oxygen atoms in total. The predicted octanol–water partition coefficient (Wildman–Crippen LogP) is 2.73. The summed E-state index contributed by atoms with van der Waals surface area (Å²) in [6.07, 6.45) is 1.60. The van der Waals surface area contributed by atoms with Gasteiger partial charge in [-0.2, -0.15) is 0 Å². The average Bonchev–Trinajstić information content (AvgIpc) is 2.80. The fourth-order valence-electron chi connectivity index (χ4n) is 1.48. The molecule has 0 aliphatic rings. The van der Waals surface area contributed by atoms with Crippen molar-refractivity contribution in [2.24, 2.45) is 0 Å². The van der Waals surface area contributed by atoms with Crippen LogP contribution in [0.4, 0.5) is 8.78 Å². The number of rotatable bonds is 6. The third-order valence-electron chi connectivity index (χ3n) is 2.26. The summed E-state index contributed by atoms with van der Waals surface area (Å²) in [6, 6.07) is 6.77. The van der Waals surface area contributed by atoms with Crippen LogP contribution in [0, 0.1) is 11.6 Å². The number of nitrogens with one attached hydrogen (secondary N) is 1. The number of hydrogen-bond acceptors (Lipinski definition) is 3. The monoisotopic (exact) mass is 253 g/mol.